The second kappa shape index (κ2) is 9.75. The molecule has 3 unspecified atom stereocenters. The highest BCUT2D eigenvalue weighted by molar-refractivity contribution is 4.88. The van der Waals surface area contributed by atoms with Crippen LogP contribution in [0, 0.1) is 0 Å². The standard InChI is InChI=1S/C17H37N3/c1-6-10-16(18-11-7-2)17(8-3)20-13-12-19(9-4)15(5)14-20/h15-18H,6-14H2,1-5H3. The van der Waals surface area contributed by atoms with Crippen molar-refractivity contribution in [2.75, 3.05) is 32.7 Å². The Labute approximate surface area is 127 Å². The van der Waals surface area contributed by atoms with E-state index >= 15 is 0 Å². The fourth-order valence-electron chi connectivity index (χ4n) is 3.66. The molecule has 0 amide bonds. The molecule has 0 aromatic rings. The van der Waals surface area contributed by atoms with Crippen molar-refractivity contribution in [1.82, 2.24) is 15.1 Å². The fraction of sp³-hybridized carbons (Fsp3) is 1.00. The summed E-state index contributed by atoms with van der Waals surface area (Å²) in [4.78, 5) is 5.36. The third kappa shape index (κ3) is 5.01. The van der Waals surface area contributed by atoms with Crippen molar-refractivity contribution in [3.63, 3.8) is 0 Å². The lowest BCUT2D eigenvalue weighted by molar-refractivity contribution is 0.0427. The minimum absolute atomic E-state index is 0.672. The zero-order chi connectivity index (χ0) is 15.0. The molecule has 0 aromatic heterocycles. The molecule has 3 nitrogen and oxygen atoms in total. The van der Waals surface area contributed by atoms with E-state index in [4.69, 9.17) is 0 Å². The van der Waals surface area contributed by atoms with Gasteiger partial charge in [-0.1, -0.05) is 34.1 Å². The second-order valence-corrected chi connectivity index (χ2v) is 6.30. The highest BCUT2D eigenvalue weighted by atomic mass is 15.3. The fourth-order valence-corrected chi connectivity index (χ4v) is 3.66. The molecule has 0 saturated carbocycles. The predicted octanol–water partition coefficient (Wildman–Crippen LogP) is 2.96. The van der Waals surface area contributed by atoms with Crippen molar-refractivity contribution in [2.24, 2.45) is 0 Å². The zero-order valence-corrected chi connectivity index (χ0v) is 14.5. The number of piperazine rings is 1. The third-order valence-electron chi connectivity index (χ3n) is 4.81. The van der Waals surface area contributed by atoms with Gasteiger partial charge in [-0.3, -0.25) is 9.80 Å². The van der Waals surface area contributed by atoms with Crippen LogP contribution in [0.3, 0.4) is 0 Å². The summed E-state index contributed by atoms with van der Waals surface area (Å²) < 4.78 is 0. The Morgan fingerprint density at radius 3 is 2.35 bits per heavy atom. The Morgan fingerprint density at radius 1 is 1.10 bits per heavy atom. The van der Waals surface area contributed by atoms with Crippen LogP contribution >= 0.6 is 0 Å². The van der Waals surface area contributed by atoms with Crippen LogP contribution < -0.4 is 5.32 Å². The Bertz CT molecular complexity index is 244. The SMILES string of the molecule is CCCNC(CCC)C(CC)N1CCN(CC)C(C)C1. The maximum Gasteiger partial charge on any atom is 0.0247 e. The summed E-state index contributed by atoms with van der Waals surface area (Å²) in [6.07, 6.45) is 5.08. The smallest absolute Gasteiger partial charge is 0.0247 e. The first-order valence-corrected chi connectivity index (χ1v) is 8.89. The van der Waals surface area contributed by atoms with Crippen molar-refractivity contribution in [1.29, 1.82) is 0 Å². The summed E-state index contributed by atoms with van der Waals surface area (Å²) in [6, 6.07) is 2.09. The molecule has 0 bridgehead atoms. The first-order chi connectivity index (χ1) is 9.67. The van der Waals surface area contributed by atoms with Gasteiger partial charge < -0.3 is 5.32 Å². The molecule has 1 fully saturated rings. The van der Waals surface area contributed by atoms with Gasteiger partial charge in [0.05, 0.1) is 0 Å². The maximum atomic E-state index is 3.80. The molecule has 1 heterocycles. The largest absolute Gasteiger partial charge is 0.312 e. The molecular weight excluding hydrogens is 246 g/mol. The quantitative estimate of drug-likeness (QED) is 0.702. The Balaban J connectivity index is 2.62. The topological polar surface area (TPSA) is 18.5 Å². The molecule has 3 atom stereocenters. The van der Waals surface area contributed by atoms with Gasteiger partial charge in [-0.15, -0.1) is 0 Å². The summed E-state index contributed by atoms with van der Waals surface area (Å²) >= 11 is 0. The molecule has 0 spiro atoms. The van der Waals surface area contributed by atoms with Crippen LogP contribution in [0.25, 0.3) is 0 Å². The van der Waals surface area contributed by atoms with E-state index in [-0.39, 0.29) is 0 Å². The summed E-state index contributed by atoms with van der Waals surface area (Å²) in [6.45, 7) is 17.7. The molecule has 0 aliphatic carbocycles. The Hall–Kier alpha value is -0.120. The van der Waals surface area contributed by atoms with Gasteiger partial charge in [0.1, 0.15) is 0 Å². The van der Waals surface area contributed by atoms with Crippen LogP contribution in [0.2, 0.25) is 0 Å². The Kier molecular flexibility index (Phi) is 8.74. The average Bonchev–Trinajstić information content (AvgIpc) is 2.45. The van der Waals surface area contributed by atoms with Crippen molar-refractivity contribution in [3.8, 4) is 0 Å². The molecule has 120 valence electrons. The molecule has 1 saturated heterocycles. The van der Waals surface area contributed by atoms with Crippen molar-refractivity contribution >= 4 is 0 Å². The summed E-state index contributed by atoms with van der Waals surface area (Å²) in [5, 5.41) is 3.80. The number of hydrogen-bond acceptors (Lipinski definition) is 3. The van der Waals surface area contributed by atoms with E-state index in [0.717, 1.165) is 6.54 Å². The third-order valence-corrected chi connectivity index (χ3v) is 4.81. The number of nitrogens with one attached hydrogen (secondary N) is 1. The van der Waals surface area contributed by atoms with Gasteiger partial charge in [-0.2, -0.15) is 0 Å². The summed E-state index contributed by atoms with van der Waals surface area (Å²) in [7, 11) is 0. The van der Waals surface area contributed by atoms with E-state index < -0.39 is 0 Å². The zero-order valence-electron chi connectivity index (χ0n) is 14.5. The first kappa shape index (κ1) is 17.9. The number of hydrogen-bond donors (Lipinski definition) is 1. The molecule has 3 heteroatoms. The molecule has 1 aliphatic heterocycles. The molecule has 1 N–H and O–H groups in total. The van der Waals surface area contributed by atoms with Crippen LogP contribution in [0.1, 0.15) is 60.3 Å². The first-order valence-electron chi connectivity index (χ1n) is 8.89. The highest BCUT2D eigenvalue weighted by Crippen LogP contribution is 2.18. The van der Waals surface area contributed by atoms with Gasteiger partial charge in [0.15, 0.2) is 0 Å². The summed E-state index contributed by atoms with van der Waals surface area (Å²) in [5.74, 6) is 0. The number of nitrogens with zero attached hydrogens (tertiary/aromatic N) is 2. The molecule has 1 aliphatic rings. The van der Waals surface area contributed by atoms with E-state index in [0.29, 0.717) is 18.1 Å². The van der Waals surface area contributed by atoms with Crippen LogP contribution in [0.5, 0.6) is 0 Å². The Morgan fingerprint density at radius 2 is 1.85 bits per heavy atom. The van der Waals surface area contributed by atoms with Gasteiger partial charge in [-0.05, 0) is 39.3 Å². The molecular formula is C17H37N3. The van der Waals surface area contributed by atoms with Gasteiger partial charge in [-0.25, -0.2) is 0 Å². The lowest BCUT2D eigenvalue weighted by Crippen LogP contribution is -2.59. The molecule has 0 radical (unpaired) electrons. The van der Waals surface area contributed by atoms with Gasteiger partial charge in [0.25, 0.3) is 0 Å². The highest BCUT2D eigenvalue weighted by Gasteiger charge is 2.30. The maximum absolute atomic E-state index is 3.80. The normalized spacial score (nSPS) is 24.8. The van der Waals surface area contributed by atoms with Gasteiger partial charge in [0, 0.05) is 37.8 Å². The van der Waals surface area contributed by atoms with E-state index in [9.17, 15) is 0 Å². The minimum atomic E-state index is 0.672. The van der Waals surface area contributed by atoms with Gasteiger partial charge >= 0.3 is 0 Å². The van der Waals surface area contributed by atoms with Crippen molar-refractivity contribution < 1.29 is 0 Å². The van der Waals surface area contributed by atoms with E-state index in [1.807, 2.05) is 0 Å². The van der Waals surface area contributed by atoms with E-state index in [1.165, 1.54) is 51.9 Å². The lowest BCUT2D eigenvalue weighted by atomic mass is 9.97. The minimum Gasteiger partial charge on any atom is -0.312 e. The summed E-state index contributed by atoms with van der Waals surface area (Å²) in [5.41, 5.74) is 0. The molecule has 20 heavy (non-hydrogen) atoms. The van der Waals surface area contributed by atoms with E-state index in [1.54, 1.807) is 0 Å². The van der Waals surface area contributed by atoms with Gasteiger partial charge in [0.2, 0.25) is 0 Å². The van der Waals surface area contributed by atoms with Crippen LogP contribution in [0.4, 0.5) is 0 Å². The second-order valence-electron chi connectivity index (χ2n) is 6.30. The van der Waals surface area contributed by atoms with Crippen LogP contribution in [-0.2, 0) is 0 Å². The van der Waals surface area contributed by atoms with Crippen molar-refractivity contribution in [2.45, 2.75) is 78.4 Å². The molecule has 1 rings (SSSR count). The number of likely N-dealkylation sites (N-methyl/N-ethyl adjacent to an activating group) is 1. The lowest BCUT2D eigenvalue weighted by Gasteiger charge is -2.45. The van der Waals surface area contributed by atoms with Crippen molar-refractivity contribution in [3.05, 3.63) is 0 Å². The van der Waals surface area contributed by atoms with Crippen LogP contribution in [0.15, 0.2) is 0 Å². The average molecular weight is 284 g/mol. The number of rotatable bonds is 9. The van der Waals surface area contributed by atoms with Crippen LogP contribution in [-0.4, -0.2) is 60.6 Å². The van der Waals surface area contributed by atoms with E-state index in [2.05, 4.69) is 49.7 Å². The molecule has 0 aromatic carbocycles. The monoisotopic (exact) mass is 283 g/mol. The predicted molar refractivity (Wildman–Crippen MR) is 89.4 cm³/mol.